The predicted octanol–water partition coefficient (Wildman–Crippen LogP) is 1.99. The van der Waals surface area contributed by atoms with Crippen LogP contribution in [0, 0.1) is 0 Å². The summed E-state index contributed by atoms with van der Waals surface area (Å²) < 4.78 is 0. The first-order chi connectivity index (χ1) is 8.81. The number of rotatable bonds is 4. The van der Waals surface area contributed by atoms with Gasteiger partial charge < -0.3 is 10.2 Å². The molecular formula is C14H22ClN3O. The standard InChI is InChI=1S/C14H21N3O.ClH/c1-2-17(11-12-6-9-15-10-7-12)14(18)13-5-3-4-8-16-13;/h6-7,9-10,13,16H,2-5,8,11H2,1H3;1H/t13-;/m0./s1. The molecule has 0 aromatic carbocycles. The van der Waals surface area contributed by atoms with Crippen molar-refractivity contribution in [2.75, 3.05) is 13.1 Å². The lowest BCUT2D eigenvalue weighted by Gasteiger charge is -2.29. The van der Waals surface area contributed by atoms with Gasteiger partial charge in [-0.05, 0) is 44.0 Å². The van der Waals surface area contributed by atoms with Gasteiger partial charge in [0, 0.05) is 25.5 Å². The van der Waals surface area contributed by atoms with E-state index in [-0.39, 0.29) is 24.4 Å². The van der Waals surface area contributed by atoms with Crippen LogP contribution >= 0.6 is 12.4 Å². The molecule has 0 aliphatic carbocycles. The van der Waals surface area contributed by atoms with E-state index in [4.69, 9.17) is 0 Å². The van der Waals surface area contributed by atoms with Gasteiger partial charge in [0.2, 0.25) is 5.91 Å². The van der Waals surface area contributed by atoms with E-state index in [0.717, 1.165) is 31.5 Å². The average molecular weight is 284 g/mol. The maximum atomic E-state index is 12.4. The van der Waals surface area contributed by atoms with Crippen molar-refractivity contribution in [3.8, 4) is 0 Å². The van der Waals surface area contributed by atoms with E-state index in [9.17, 15) is 4.79 Å². The molecule has 1 fully saturated rings. The smallest absolute Gasteiger partial charge is 0.239 e. The van der Waals surface area contributed by atoms with E-state index in [1.54, 1.807) is 12.4 Å². The molecule has 19 heavy (non-hydrogen) atoms. The van der Waals surface area contributed by atoms with Crippen molar-refractivity contribution in [1.29, 1.82) is 0 Å². The molecular weight excluding hydrogens is 262 g/mol. The largest absolute Gasteiger partial charge is 0.337 e. The van der Waals surface area contributed by atoms with Gasteiger partial charge in [-0.15, -0.1) is 12.4 Å². The van der Waals surface area contributed by atoms with E-state index in [1.807, 2.05) is 24.0 Å². The van der Waals surface area contributed by atoms with Crippen LogP contribution < -0.4 is 5.32 Å². The Bertz CT molecular complexity index is 380. The monoisotopic (exact) mass is 283 g/mol. The molecule has 106 valence electrons. The van der Waals surface area contributed by atoms with Crippen LogP contribution in [0.1, 0.15) is 31.7 Å². The minimum absolute atomic E-state index is 0. The molecule has 0 radical (unpaired) electrons. The quantitative estimate of drug-likeness (QED) is 0.919. The molecule has 1 aliphatic heterocycles. The fourth-order valence-corrected chi connectivity index (χ4v) is 2.34. The molecule has 2 heterocycles. The van der Waals surface area contributed by atoms with Gasteiger partial charge in [0.05, 0.1) is 6.04 Å². The number of hydrogen-bond acceptors (Lipinski definition) is 3. The first-order valence-corrected chi connectivity index (χ1v) is 6.72. The van der Waals surface area contributed by atoms with Gasteiger partial charge in [0.25, 0.3) is 0 Å². The molecule has 1 saturated heterocycles. The molecule has 4 nitrogen and oxygen atoms in total. The van der Waals surface area contributed by atoms with E-state index in [0.29, 0.717) is 6.54 Å². The fraction of sp³-hybridized carbons (Fsp3) is 0.571. The minimum Gasteiger partial charge on any atom is -0.337 e. The Kier molecular flexibility index (Phi) is 6.81. The second-order valence-electron chi connectivity index (χ2n) is 4.71. The van der Waals surface area contributed by atoms with Crippen LogP contribution in [-0.4, -0.2) is 34.9 Å². The van der Waals surface area contributed by atoms with Crippen molar-refractivity contribution in [2.24, 2.45) is 0 Å². The van der Waals surface area contributed by atoms with E-state index < -0.39 is 0 Å². The summed E-state index contributed by atoms with van der Waals surface area (Å²) in [5.74, 6) is 0.231. The molecule has 0 bridgehead atoms. The molecule has 0 spiro atoms. The zero-order valence-electron chi connectivity index (χ0n) is 11.3. The second-order valence-corrected chi connectivity index (χ2v) is 4.71. The van der Waals surface area contributed by atoms with Crippen LogP contribution in [0.15, 0.2) is 24.5 Å². The van der Waals surface area contributed by atoms with Gasteiger partial charge >= 0.3 is 0 Å². The number of likely N-dealkylation sites (N-methyl/N-ethyl adjacent to an activating group) is 1. The summed E-state index contributed by atoms with van der Waals surface area (Å²) in [6.07, 6.45) is 6.83. The summed E-state index contributed by atoms with van der Waals surface area (Å²) in [6.45, 7) is 4.42. The van der Waals surface area contributed by atoms with Crippen LogP contribution in [-0.2, 0) is 11.3 Å². The molecule has 1 atom stereocenters. The maximum absolute atomic E-state index is 12.4. The SMILES string of the molecule is CCN(Cc1ccncc1)C(=O)[C@@H]1CCCCN1.Cl. The molecule has 0 unspecified atom stereocenters. The van der Waals surface area contributed by atoms with Crippen molar-refractivity contribution in [3.63, 3.8) is 0 Å². The van der Waals surface area contributed by atoms with Crippen LogP contribution in [0.4, 0.5) is 0 Å². The van der Waals surface area contributed by atoms with Gasteiger partial charge in [0.15, 0.2) is 0 Å². The third kappa shape index (κ3) is 4.48. The first kappa shape index (κ1) is 15.9. The van der Waals surface area contributed by atoms with Crippen molar-refractivity contribution in [3.05, 3.63) is 30.1 Å². The zero-order valence-corrected chi connectivity index (χ0v) is 12.2. The third-order valence-corrected chi connectivity index (χ3v) is 3.42. The number of amides is 1. The van der Waals surface area contributed by atoms with Gasteiger partial charge in [-0.2, -0.15) is 0 Å². The van der Waals surface area contributed by atoms with Crippen molar-refractivity contribution in [1.82, 2.24) is 15.2 Å². The van der Waals surface area contributed by atoms with Gasteiger partial charge in [-0.3, -0.25) is 9.78 Å². The molecule has 1 aromatic rings. The summed E-state index contributed by atoms with van der Waals surface area (Å²) >= 11 is 0. The maximum Gasteiger partial charge on any atom is 0.239 e. The molecule has 1 aliphatic rings. The Hall–Kier alpha value is -1.13. The highest BCUT2D eigenvalue weighted by Crippen LogP contribution is 2.12. The van der Waals surface area contributed by atoms with Crippen LogP contribution in [0.3, 0.4) is 0 Å². The fourth-order valence-electron chi connectivity index (χ4n) is 2.34. The third-order valence-electron chi connectivity index (χ3n) is 3.42. The lowest BCUT2D eigenvalue weighted by molar-refractivity contribution is -0.134. The van der Waals surface area contributed by atoms with Gasteiger partial charge in [-0.1, -0.05) is 6.42 Å². The summed E-state index contributed by atoms with van der Waals surface area (Å²) in [5, 5.41) is 3.32. The summed E-state index contributed by atoms with van der Waals surface area (Å²) in [7, 11) is 0. The summed E-state index contributed by atoms with van der Waals surface area (Å²) in [4.78, 5) is 18.3. The normalized spacial score (nSPS) is 18.5. The molecule has 1 amide bonds. The number of carbonyl (C=O) groups excluding carboxylic acids is 1. The topological polar surface area (TPSA) is 45.2 Å². The van der Waals surface area contributed by atoms with Crippen LogP contribution in [0.25, 0.3) is 0 Å². The highest BCUT2D eigenvalue weighted by Gasteiger charge is 2.24. The number of nitrogens with zero attached hydrogens (tertiary/aromatic N) is 2. The lowest BCUT2D eigenvalue weighted by Crippen LogP contribution is -2.48. The number of nitrogens with one attached hydrogen (secondary N) is 1. The highest BCUT2D eigenvalue weighted by molar-refractivity contribution is 5.85. The first-order valence-electron chi connectivity index (χ1n) is 6.72. The van der Waals surface area contributed by atoms with E-state index in [2.05, 4.69) is 10.3 Å². The Labute approximate surface area is 121 Å². The molecule has 5 heteroatoms. The van der Waals surface area contributed by atoms with Crippen LogP contribution in [0.2, 0.25) is 0 Å². The molecule has 2 rings (SSSR count). The van der Waals surface area contributed by atoms with Crippen LogP contribution in [0.5, 0.6) is 0 Å². The highest BCUT2D eigenvalue weighted by atomic mass is 35.5. The number of piperidine rings is 1. The lowest BCUT2D eigenvalue weighted by atomic mass is 10.0. The molecule has 1 aromatic heterocycles. The second kappa shape index (κ2) is 8.12. The van der Waals surface area contributed by atoms with E-state index in [1.165, 1.54) is 6.42 Å². The Morgan fingerprint density at radius 1 is 1.42 bits per heavy atom. The Balaban J connectivity index is 0.00000180. The van der Waals surface area contributed by atoms with Crippen molar-refractivity contribution < 1.29 is 4.79 Å². The zero-order chi connectivity index (χ0) is 12.8. The number of carbonyl (C=O) groups is 1. The van der Waals surface area contributed by atoms with Crippen molar-refractivity contribution >= 4 is 18.3 Å². The Morgan fingerprint density at radius 2 is 2.16 bits per heavy atom. The van der Waals surface area contributed by atoms with E-state index >= 15 is 0 Å². The Morgan fingerprint density at radius 3 is 2.74 bits per heavy atom. The van der Waals surface area contributed by atoms with Gasteiger partial charge in [0.1, 0.15) is 0 Å². The molecule has 0 saturated carbocycles. The summed E-state index contributed by atoms with van der Waals surface area (Å²) in [5.41, 5.74) is 1.14. The van der Waals surface area contributed by atoms with Gasteiger partial charge in [-0.25, -0.2) is 0 Å². The number of halogens is 1. The number of pyridine rings is 1. The minimum atomic E-state index is 0. The molecule has 1 N–H and O–H groups in total. The average Bonchev–Trinajstić information content (AvgIpc) is 2.46. The number of hydrogen-bond donors (Lipinski definition) is 1. The predicted molar refractivity (Wildman–Crippen MR) is 78.2 cm³/mol. The summed E-state index contributed by atoms with van der Waals surface area (Å²) in [6, 6.07) is 3.94. The number of aromatic nitrogens is 1. The van der Waals surface area contributed by atoms with Crippen molar-refractivity contribution in [2.45, 2.75) is 38.8 Å².